The van der Waals surface area contributed by atoms with Crippen molar-refractivity contribution in [3.8, 4) is 0 Å². The maximum atomic E-state index is 13.1. The summed E-state index contributed by atoms with van der Waals surface area (Å²) < 4.78 is 38.3. The minimum absolute atomic E-state index is 0.0560. The van der Waals surface area contributed by atoms with E-state index >= 15 is 0 Å². The molecule has 0 unspecified atom stereocenters. The molecule has 0 aliphatic carbocycles. The maximum Gasteiger partial charge on any atom is 0.312 e. The third-order valence-corrected chi connectivity index (χ3v) is 6.59. The first kappa shape index (κ1) is 25.8. The molecule has 1 rings (SSSR count). The van der Waals surface area contributed by atoms with Crippen molar-refractivity contribution in [2.24, 2.45) is 11.8 Å². The number of esters is 2. The van der Waals surface area contributed by atoms with Crippen LogP contribution in [0.3, 0.4) is 0 Å². The number of ether oxygens (including phenoxy) is 2. The molecule has 0 saturated heterocycles. The number of nitrogens with one attached hydrogen (secondary N) is 1. The zero-order valence-corrected chi connectivity index (χ0v) is 19.6. The number of benzene rings is 1. The van der Waals surface area contributed by atoms with Gasteiger partial charge in [0.1, 0.15) is 0 Å². The zero-order valence-electron chi connectivity index (χ0n) is 18.8. The highest BCUT2D eigenvalue weighted by Crippen LogP contribution is 2.23. The third kappa shape index (κ3) is 7.25. The van der Waals surface area contributed by atoms with Gasteiger partial charge in [0, 0.05) is 12.5 Å². The Bertz CT molecular complexity index is 866. The molecule has 2 atom stereocenters. The molecule has 0 radical (unpaired) electrons. The van der Waals surface area contributed by atoms with Gasteiger partial charge in [-0.2, -0.15) is 0 Å². The van der Waals surface area contributed by atoms with Crippen LogP contribution in [0.1, 0.15) is 43.4 Å². The Balaban J connectivity index is 3.13. The Kier molecular flexibility index (Phi) is 9.71. The topological polar surface area (TPSA) is 98.8 Å². The van der Waals surface area contributed by atoms with Crippen LogP contribution in [0, 0.1) is 32.6 Å². The molecule has 168 valence electrons. The normalized spacial score (nSPS) is 14.0. The molecule has 1 aromatic carbocycles. The van der Waals surface area contributed by atoms with Crippen molar-refractivity contribution < 1.29 is 27.5 Å². The summed E-state index contributed by atoms with van der Waals surface area (Å²) in [6, 6.07) is 3.13. The van der Waals surface area contributed by atoms with Gasteiger partial charge in [0.25, 0.3) is 0 Å². The molecule has 0 saturated carbocycles. The molecule has 0 bridgehead atoms. The third-order valence-electron chi connectivity index (χ3n) is 4.82. The van der Waals surface area contributed by atoms with E-state index in [1.165, 1.54) is 14.2 Å². The first-order valence-electron chi connectivity index (χ1n) is 9.86. The van der Waals surface area contributed by atoms with Gasteiger partial charge in [-0.05, 0) is 44.2 Å². The summed E-state index contributed by atoms with van der Waals surface area (Å²) >= 11 is 0. The van der Waals surface area contributed by atoms with Gasteiger partial charge in [0.05, 0.1) is 25.0 Å². The molecular formula is C22H33NO6S. The van der Waals surface area contributed by atoms with E-state index in [1.54, 1.807) is 26.0 Å². The molecule has 0 aliphatic heterocycles. The molecule has 1 aromatic rings. The Morgan fingerprint density at radius 2 is 1.60 bits per heavy atom. The second-order valence-corrected chi connectivity index (χ2v) is 9.40. The van der Waals surface area contributed by atoms with Gasteiger partial charge in [-0.25, -0.2) is 13.1 Å². The first-order valence-corrected chi connectivity index (χ1v) is 11.3. The Labute approximate surface area is 179 Å². The highest BCUT2D eigenvalue weighted by molar-refractivity contribution is 7.89. The molecule has 30 heavy (non-hydrogen) atoms. The second kappa shape index (κ2) is 11.3. The highest BCUT2D eigenvalue weighted by atomic mass is 32.2. The van der Waals surface area contributed by atoms with Crippen LogP contribution in [0.15, 0.2) is 29.2 Å². The lowest BCUT2D eigenvalue weighted by molar-refractivity contribution is -0.145. The van der Waals surface area contributed by atoms with Gasteiger partial charge in [-0.1, -0.05) is 43.7 Å². The predicted molar refractivity (Wildman–Crippen MR) is 115 cm³/mol. The molecule has 0 aromatic heterocycles. The summed E-state index contributed by atoms with van der Waals surface area (Å²) in [5, 5.41) is 0. The number of hydrogen-bond donors (Lipinski definition) is 1. The number of sulfonamides is 1. The minimum atomic E-state index is -3.78. The highest BCUT2D eigenvalue weighted by Gasteiger charge is 2.25. The van der Waals surface area contributed by atoms with E-state index in [1.807, 2.05) is 32.9 Å². The second-order valence-electron chi connectivity index (χ2n) is 7.75. The molecule has 0 amide bonds. The number of rotatable bonds is 10. The average molecular weight is 440 g/mol. The average Bonchev–Trinajstić information content (AvgIpc) is 2.64. The number of carbonyl (C=O) groups is 2. The lowest BCUT2D eigenvalue weighted by Crippen LogP contribution is -2.38. The fraction of sp³-hybridized carbons (Fsp3) is 0.545. The van der Waals surface area contributed by atoms with Gasteiger partial charge in [-0.15, -0.1) is 0 Å². The smallest absolute Gasteiger partial charge is 0.312 e. The van der Waals surface area contributed by atoms with Crippen molar-refractivity contribution in [3.63, 3.8) is 0 Å². The van der Waals surface area contributed by atoms with Gasteiger partial charge >= 0.3 is 11.9 Å². The van der Waals surface area contributed by atoms with E-state index in [2.05, 4.69) is 9.46 Å². The minimum Gasteiger partial charge on any atom is -0.469 e. The first-order chi connectivity index (χ1) is 13.9. The fourth-order valence-corrected chi connectivity index (χ4v) is 5.09. The van der Waals surface area contributed by atoms with Gasteiger partial charge < -0.3 is 9.47 Å². The SMILES string of the molecule is COC(=O)CC[C@@H](/C=C/[C@@H](NS(=O)(=O)c1c(C)cc(C)cc1C)C(C)C)C(=O)OC. The monoisotopic (exact) mass is 439 g/mol. The van der Waals surface area contributed by atoms with Crippen LogP contribution in [-0.4, -0.2) is 40.6 Å². The number of hydrogen-bond acceptors (Lipinski definition) is 6. The van der Waals surface area contributed by atoms with Crippen LogP contribution < -0.4 is 4.72 Å². The molecule has 7 nitrogen and oxygen atoms in total. The van der Waals surface area contributed by atoms with Crippen molar-refractivity contribution in [2.75, 3.05) is 14.2 Å². The predicted octanol–water partition coefficient (Wildman–Crippen LogP) is 3.21. The van der Waals surface area contributed by atoms with Crippen LogP contribution >= 0.6 is 0 Å². The Morgan fingerprint density at radius 3 is 2.07 bits per heavy atom. The van der Waals surface area contributed by atoms with Crippen LogP contribution in [-0.2, 0) is 29.1 Å². The fourth-order valence-electron chi connectivity index (χ4n) is 3.30. The van der Waals surface area contributed by atoms with Crippen molar-refractivity contribution >= 4 is 22.0 Å². The van der Waals surface area contributed by atoms with Gasteiger partial charge in [0.15, 0.2) is 0 Å². The van der Waals surface area contributed by atoms with E-state index < -0.39 is 33.9 Å². The lowest BCUT2D eigenvalue weighted by Gasteiger charge is -2.21. The summed E-state index contributed by atoms with van der Waals surface area (Å²) in [6.07, 6.45) is 3.51. The number of carbonyl (C=O) groups excluding carboxylic acids is 2. The molecule has 8 heteroatoms. The van der Waals surface area contributed by atoms with Crippen LogP contribution in [0.25, 0.3) is 0 Å². The Hall–Kier alpha value is -2.19. The van der Waals surface area contributed by atoms with E-state index in [4.69, 9.17) is 4.74 Å². The molecule has 0 spiro atoms. The summed E-state index contributed by atoms with van der Waals surface area (Å²) in [7, 11) is -1.23. The largest absolute Gasteiger partial charge is 0.469 e. The summed E-state index contributed by atoms with van der Waals surface area (Å²) in [6.45, 7) is 9.23. The summed E-state index contributed by atoms with van der Waals surface area (Å²) in [4.78, 5) is 23.7. The van der Waals surface area contributed by atoms with Gasteiger partial charge in [0.2, 0.25) is 10.0 Å². The molecule has 1 N–H and O–H groups in total. The molecule has 0 heterocycles. The maximum absolute atomic E-state index is 13.1. The van der Waals surface area contributed by atoms with Crippen LogP contribution in [0.2, 0.25) is 0 Å². The van der Waals surface area contributed by atoms with E-state index in [9.17, 15) is 18.0 Å². The molecular weight excluding hydrogens is 406 g/mol. The van der Waals surface area contributed by atoms with E-state index in [0.29, 0.717) is 11.1 Å². The summed E-state index contributed by atoms with van der Waals surface area (Å²) in [5.41, 5.74) is 2.35. The van der Waals surface area contributed by atoms with Crippen LogP contribution in [0.5, 0.6) is 0 Å². The van der Waals surface area contributed by atoms with Crippen molar-refractivity contribution in [1.29, 1.82) is 0 Å². The van der Waals surface area contributed by atoms with Crippen LogP contribution in [0.4, 0.5) is 0 Å². The van der Waals surface area contributed by atoms with Crippen molar-refractivity contribution in [3.05, 3.63) is 41.0 Å². The standard InChI is InChI=1S/C22H33NO6S/c1-14(2)19(10-8-18(22(25)29-7)9-11-20(24)28-6)23-30(26,27)21-16(4)12-15(3)13-17(21)5/h8,10,12-14,18-19,23H,9,11H2,1-7H3/b10-8+/t18-,19-/m1/s1. The number of aryl methyl sites for hydroxylation is 3. The number of methoxy groups -OCH3 is 2. The van der Waals surface area contributed by atoms with Crippen molar-refractivity contribution in [1.82, 2.24) is 4.72 Å². The van der Waals surface area contributed by atoms with E-state index in [-0.39, 0.29) is 23.7 Å². The summed E-state index contributed by atoms with van der Waals surface area (Å²) in [5.74, 6) is -1.67. The molecule has 0 aliphatic rings. The Morgan fingerprint density at radius 1 is 1.03 bits per heavy atom. The van der Waals surface area contributed by atoms with E-state index in [0.717, 1.165) is 5.56 Å². The quantitative estimate of drug-likeness (QED) is 0.444. The lowest BCUT2D eigenvalue weighted by atomic mass is 9.99. The zero-order chi connectivity index (χ0) is 23.1. The van der Waals surface area contributed by atoms with Gasteiger partial charge in [-0.3, -0.25) is 9.59 Å². The van der Waals surface area contributed by atoms with Crippen molar-refractivity contribution in [2.45, 2.75) is 58.4 Å². The molecule has 0 fully saturated rings.